The van der Waals surface area contributed by atoms with E-state index in [0.717, 1.165) is 11.1 Å². The van der Waals surface area contributed by atoms with Gasteiger partial charge in [-0.1, -0.05) is 36.4 Å². The van der Waals surface area contributed by atoms with Gasteiger partial charge in [-0.15, -0.1) is 0 Å². The fourth-order valence-corrected chi connectivity index (χ4v) is 2.24. The summed E-state index contributed by atoms with van der Waals surface area (Å²) in [6, 6.07) is 14.0. The molecule has 0 aliphatic carbocycles. The Labute approximate surface area is 149 Å². The Morgan fingerprint density at radius 2 is 1.46 bits per heavy atom. The van der Waals surface area contributed by atoms with Crippen molar-refractivity contribution in [3.05, 3.63) is 70.8 Å². The Hall–Kier alpha value is -2.38. The van der Waals surface area contributed by atoms with E-state index in [4.69, 9.17) is 4.74 Å². The van der Waals surface area contributed by atoms with Gasteiger partial charge in [0, 0.05) is 19.2 Å². The van der Waals surface area contributed by atoms with Crippen molar-refractivity contribution in [2.45, 2.75) is 25.9 Å². The largest absolute Gasteiger partial charge is 0.411 e. The lowest BCUT2D eigenvalue weighted by molar-refractivity contribution is -0.176. The predicted molar refractivity (Wildman–Crippen MR) is 90.5 cm³/mol. The van der Waals surface area contributed by atoms with Crippen molar-refractivity contribution in [1.29, 1.82) is 0 Å². The van der Waals surface area contributed by atoms with Crippen LogP contribution in [0.1, 0.15) is 27.0 Å². The molecule has 0 saturated carbocycles. The first-order valence-electron chi connectivity index (χ1n) is 7.96. The van der Waals surface area contributed by atoms with E-state index >= 15 is 0 Å². The minimum absolute atomic E-state index is 0.158. The maximum atomic E-state index is 12.1. The minimum Gasteiger partial charge on any atom is -0.380 e. The Kier molecular flexibility index (Phi) is 7.17. The predicted octanol–water partition coefficient (Wildman–Crippen LogP) is 3.84. The Balaban J connectivity index is 1.81. The van der Waals surface area contributed by atoms with Crippen molar-refractivity contribution in [3.63, 3.8) is 0 Å². The highest BCUT2D eigenvalue weighted by atomic mass is 19.4. The second kappa shape index (κ2) is 9.35. The Bertz CT molecular complexity index is 697. The molecule has 0 heterocycles. The van der Waals surface area contributed by atoms with Crippen molar-refractivity contribution in [2.75, 3.05) is 13.7 Å². The molecule has 0 aromatic heterocycles. The number of carbonyl (C=O) groups excluding carboxylic acids is 1. The molecule has 0 unspecified atom stereocenters. The van der Waals surface area contributed by atoms with E-state index < -0.39 is 12.8 Å². The molecule has 0 aliphatic heterocycles. The molecule has 4 nitrogen and oxygen atoms in total. The molecule has 0 spiro atoms. The lowest BCUT2D eigenvalue weighted by Gasteiger charge is -2.09. The number of hydrogen-bond acceptors (Lipinski definition) is 3. The second-order valence-electron chi connectivity index (χ2n) is 5.74. The van der Waals surface area contributed by atoms with Crippen molar-refractivity contribution < 1.29 is 27.4 Å². The van der Waals surface area contributed by atoms with E-state index in [0.29, 0.717) is 24.3 Å². The molecule has 0 radical (unpaired) electrons. The summed E-state index contributed by atoms with van der Waals surface area (Å²) in [5, 5.41) is 2.80. The summed E-state index contributed by atoms with van der Waals surface area (Å²) >= 11 is 0. The fraction of sp³-hybridized carbons (Fsp3) is 0.316. The number of nitrogens with one attached hydrogen (secondary N) is 1. The Morgan fingerprint density at radius 1 is 0.923 bits per heavy atom. The van der Waals surface area contributed by atoms with Gasteiger partial charge in [-0.25, -0.2) is 0 Å². The summed E-state index contributed by atoms with van der Waals surface area (Å²) in [5.41, 5.74) is 3.00. The molecule has 0 saturated heterocycles. The van der Waals surface area contributed by atoms with Gasteiger partial charge >= 0.3 is 6.18 Å². The summed E-state index contributed by atoms with van der Waals surface area (Å²) in [6.07, 6.45) is -4.35. The van der Waals surface area contributed by atoms with Gasteiger partial charge in [-0.05, 0) is 28.8 Å². The van der Waals surface area contributed by atoms with Crippen LogP contribution < -0.4 is 5.32 Å². The SMILES string of the molecule is COCc1ccc(CNC(=O)c2ccc(COCC(F)(F)F)cc2)cc1. The van der Waals surface area contributed by atoms with Gasteiger partial charge in [0.1, 0.15) is 6.61 Å². The first kappa shape index (κ1) is 19.9. The zero-order valence-corrected chi connectivity index (χ0v) is 14.3. The van der Waals surface area contributed by atoms with Gasteiger partial charge in [0.25, 0.3) is 5.91 Å². The number of ether oxygens (including phenoxy) is 2. The van der Waals surface area contributed by atoms with Gasteiger partial charge in [-0.2, -0.15) is 13.2 Å². The van der Waals surface area contributed by atoms with Crippen LogP contribution in [-0.2, 0) is 29.2 Å². The number of halogens is 3. The first-order chi connectivity index (χ1) is 12.4. The van der Waals surface area contributed by atoms with Crippen LogP contribution in [0.3, 0.4) is 0 Å². The van der Waals surface area contributed by atoms with Crippen LogP contribution in [0.5, 0.6) is 0 Å². The molecule has 2 rings (SSSR count). The lowest BCUT2D eigenvalue weighted by Crippen LogP contribution is -2.22. The topological polar surface area (TPSA) is 47.6 Å². The molecular weight excluding hydrogens is 347 g/mol. The fourth-order valence-electron chi connectivity index (χ4n) is 2.24. The van der Waals surface area contributed by atoms with Crippen LogP contribution in [0.4, 0.5) is 13.2 Å². The molecule has 2 aromatic carbocycles. The third-order valence-corrected chi connectivity index (χ3v) is 3.54. The van der Waals surface area contributed by atoms with Gasteiger partial charge in [-0.3, -0.25) is 4.79 Å². The standard InChI is InChI=1S/C19H20F3NO3/c1-25-11-15-4-2-14(3-5-15)10-23-18(24)17-8-6-16(7-9-17)12-26-13-19(20,21)22/h2-9H,10-13H2,1H3,(H,23,24). The summed E-state index contributed by atoms with van der Waals surface area (Å²) in [7, 11) is 1.63. The number of carbonyl (C=O) groups is 1. The molecule has 0 bridgehead atoms. The normalized spacial score (nSPS) is 11.4. The second-order valence-corrected chi connectivity index (χ2v) is 5.74. The summed E-state index contributed by atoms with van der Waals surface area (Å²) in [5.74, 6) is -0.256. The quantitative estimate of drug-likeness (QED) is 0.771. The van der Waals surface area contributed by atoms with Crippen LogP contribution >= 0.6 is 0 Å². The molecule has 0 aliphatic rings. The van der Waals surface area contributed by atoms with Crippen LogP contribution in [-0.4, -0.2) is 25.8 Å². The zero-order chi connectivity index (χ0) is 19.0. The molecule has 2 aromatic rings. The number of alkyl halides is 3. The van der Waals surface area contributed by atoms with Gasteiger partial charge in [0.2, 0.25) is 0 Å². The van der Waals surface area contributed by atoms with Gasteiger partial charge < -0.3 is 14.8 Å². The number of methoxy groups -OCH3 is 1. The van der Waals surface area contributed by atoms with Crippen molar-refractivity contribution in [2.24, 2.45) is 0 Å². The van der Waals surface area contributed by atoms with Crippen LogP contribution in [0, 0.1) is 0 Å². The third-order valence-electron chi connectivity index (χ3n) is 3.54. The first-order valence-corrected chi connectivity index (χ1v) is 7.96. The minimum atomic E-state index is -4.35. The molecule has 0 fully saturated rings. The van der Waals surface area contributed by atoms with E-state index in [1.54, 1.807) is 31.4 Å². The van der Waals surface area contributed by atoms with E-state index in [-0.39, 0.29) is 12.5 Å². The summed E-state index contributed by atoms with van der Waals surface area (Å²) < 4.78 is 45.7. The molecule has 140 valence electrons. The van der Waals surface area contributed by atoms with Crippen LogP contribution in [0.25, 0.3) is 0 Å². The third kappa shape index (κ3) is 6.85. The van der Waals surface area contributed by atoms with Crippen molar-refractivity contribution in [1.82, 2.24) is 5.32 Å². The highest BCUT2D eigenvalue weighted by Gasteiger charge is 2.27. The molecule has 0 atom stereocenters. The van der Waals surface area contributed by atoms with Crippen molar-refractivity contribution in [3.8, 4) is 0 Å². The van der Waals surface area contributed by atoms with E-state index in [1.165, 1.54) is 0 Å². The number of benzene rings is 2. The summed E-state index contributed by atoms with van der Waals surface area (Å²) in [6.45, 7) is -0.540. The smallest absolute Gasteiger partial charge is 0.380 e. The van der Waals surface area contributed by atoms with Crippen molar-refractivity contribution >= 4 is 5.91 Å². The molecule has 1 N–H and O–H groups in total. The summed E-state index contributed by atoms with van der Waals surface area (Å²) in [4.78, 5) is 12.1. The highest BCUT2D eigenvalue weighted by Crippen LogP contribution is 2.16. The maximum Gasteiger partial charge on any atom is 0.411 e. The van der Waals surface area contributed by atoms with Gasteiger partial charge in [0.15, 0.2) is 0 Å². The molecule has 7 heteroatoms. The number of rotatable bonds is 8. The van der Waals surface area contributed by atoms with E-state index in [1.807, 2.05) is 24.3 Å². The Morgan fingerprint density at radius 3 is 2.04 bits per heavy atom. The van der Waals surface area contributed by atoms with Gasteiger partial charge in [0.05, 0.1) is 13.2 Å². The van der Waals surface area contributed by atoms with Crippen LogP contribution in [0.15, 0.2) is 48.5 Å². The molecular formula is C19H20F3NO3. The lowest BCUT2D eigenvalue weighted by atomic mass is 10.1. The number of hydrogen-bond donors (Lipinski definition) is 1. The van der Waals surface area contributed by atoms with E-state index in [2.05, 4.69) is 10.1 Å². The van der Waals surface area contributed by atoms with E-state index in [9.17, 15) is 18.0 Å². The van der Waals surface area contributed by atoms with Crippen LogP contribution in [0.2, 0.25) is 0 Å². The molecule has 26 heavy (non-hydrogen) atoms. The monoisotopic (exact) mass is 367 g/mol. The average molecular weight is 367 g/mol. The highest BCUT2D eigenvalue weighted by molar-refractivity contribution is 5.94. The zero-order valence-electron chi connectivity index (χ0n) is 14.3. The number of amides is 1. The maximum absolute atomic E-state index is 12.1. The average Bonchev–Trinajstić information content (AvgIpc) is 2.61. The molecule has 1 amide bonds.